The Hall–Kier alpha value is -0.0800. The summed E-state index contributed by atoms with van der Waals surface area (Å²) < 4.78 is 0. The van der Waals surface area contributed by atoms with Crippen LogP contribution in [-0.4, -0.2) is 36.1 Å². The van der Waals surface area contributed by atoms with Gasteiger partial charge in [0.05, 0.1) is 0 Å². The van der Waals surface area contributed by atoms with Crippen molar-refractivity contribution in [2.24, 2.45) is 5.92 Å². The van der Waals surface area contributed by atoms with Crippen LogP contribution in [0.25, 0.3) is 0 Å². The molecule has 100 valence electrons. The van der Waals surface area contributed by atoms with Crippen LogP contribution in [0.4, 0.5) is 0 Å². The molecule has 1 aliphatic heterocycles. The summed E-state index contributed by atoms with van der Waals surface area (Å²) in [7, 11) is 0. The first-order valence-corrected chi connectivity index (χ1v) is 7.65. The Labute approximate surface area is 107 Å². The highest BCUT2D eigenvalue weighted by Gasteiger charge is 2.28. The Kier molecular flexibility index (Phi) is 4.87. The molecule has 1 atom stereocenters. The van der Waals surface area contributed by atoms with Crippen LogP contribution in [0, 0.1) is 5.92 Å². The van der Waals surface area contributed by atoms with Crippen molar-refractivity contribution in [3.05, 3.63) is 0 Å². The van der Waals surface area contributed by atoms with Gasteiger partial charge in [0, 0.05) is 24.7 Å². The first-order chi connectivity index (χ1) is 8.15. The minimum Gasteiger partial charge on any atom is -0.311 e. The standard InChI is InChI=1S/C15H30N2/c1-12(2)16-14-5-4-10-17(11-14)15-8-6-13(3)7-9-15/h12-16H,4-11H2,1-3H3. The maximum absolute atomic E-state index is 3.72. The molecule has 0 aromatic carbocycles. The van der Waals surface area contributed by atoms with Gasteiger partial charge in [-0.3, -0.25) is 4.90 Å². The zero-order valence-electron chi connectivity index (χ0n) is 11.9. The van der Waals surface area contributed by atoms with E-state index in [0.29, 0.717) is 6.04 Å². The van der Waals surface area contributed by atoms with Crippen molar-refractivity contribution in [3.63, 3.8) is 0 Å². The summed E-state index contributed by atoms with van der Waals surface area (Å²) in [6, 6.07) is 2.26. The molecular formula is C15H30N2. The van der Waals surface area contributed by atoms with Crippen LogP contribution in [0.1, 0.15) is 59.3 Å². The fourth-order valence-electron chi connectivity index (χ4n) is 3.55. The maximum Gasteiger partial charge on any atom is 0.0197 e. The molecule has 2 heteroatoms. The van der Waals surface area contributed by atoms with Crippen LogP contribution >= 0.6 is 0 Å². The van der Waals surface area contributed by atoms with Crippen LogP contribution in [0.3, 0.4) is 0 Å². The van der Waals surface area contributed by atoms with E-state index in [0.717, 1.165) is 18.0 Å². The van der Waals surface area contributed by atoms with Gasteiger partial charge < -0.3 is 5.32 Å². The predicted octanol–water partition coefficient (Wildman–Crippen LogP) is 3.03. The summed E-state index contributed by atoms with van der Waals surface area (Å²) in [4.78, 5) is 2.77. The van der Waals surface area contributed by atoms with Crippen LogP contribution in [0.5, 0.6) is 0 Å². The lowest BCUT2D eigenvalue weighted by atomic mass is 9.85. The molecule has 2 fully saturated rings. The molecular weight excluding hydrogens is 208 g/mol. The Balaban J connectivity index is 1.80. The summed E-state index contributed by atoms with van der Waals surface area (Å²) in [6.07, 6.45) is 8.53. The molecule has 1 heterocycles. The minimum atomic E-state index is 0.631. The lowest BCUT2D eigenvalue weighted by Gasteiger charge is -2.41. The molecule has 2 rings (SSSR count). The van der Waals surface area contributed by atoms with E-state index in [1.807, 2.05) is 0 Å². The Morgan fingerprint density at radius 3 is 2.41 bits per heavy atom. The van der Waals surface area contributed by atoms with E-state index in [1.54, 1.807) is 0 Å². The quantitative estimate of drug-likeness (QED) is 0.813. The molecule has 1 aliphatic carbocycles. The van der Waals surface area contributed by atoms with Crippen molar-refractivity contribution < 1.29 is 0 Å². The molecule has 0 spiro atoms. The van der Waals surface area contributed by atoms with Crippen molar-refractivity contribution in [3.8, 4) is 0 Å². The summed E-state index contributed by atoms with van der Waals surface area (Å²) in [5, 5.41) is 3.72. The smallest absolute Gasteiger partial charge is 0.0197 e. The monoisotopic (exact) mass is 238 g/mol. The van der Waals surface area contributed by atoms with Crippen molar-refractivity contribution in [1.29, 1.82) is 0 Å². The third-order valence-corrected chi connectivity index (χ3v) is 4.52. The van der Waals surface area contributed by atoms with E-state index < -0.39 is 0 Å². The summed E-state index contributed by atoms with van der Waals surface area (Å²) in [5.74, 6) is 0.973. The molecule has 1 N–H and O–H groups in total. The molecule has 0 aromatic rings. The lowest BCUT2D eigenvalue weighted by Crippen LogP contribution is -2.51. The third kappa shape index (κ3) is 3.96. The van der Waals surface area contributed by atoms with Gasteiger partial charge in [0.1, 0.15) is 0 Å². The average molecular weight is 238 g/mol. The van der Waals surface area contributed by atoms with Gasteiger partial charge in [-0.05, 0) is 51.0 Å². The minimum absolute atomic E-state index is 0.631. The van der Waals surface area contributed by atoms with E-state index in [2.05, 4.69) is 31.0 Å². The van der Waals surface area contributed by atoms with E-state index in [9.17, 15) is 0 Å². The molecule has 0 radical (unpaired) electrons. The largest absolute Gasteiger partial charge is 0.311 e. The Morgan fingerprint density at radius 1 is 1.06 bits per heavy atom. The fraction of sp³-hybridized carbons (Fsp3) is 1.00. The fourth-order valence-corrected chi connectivity index (χ4v) is 3.55. The highest BCUT2D eigenvalue weighted by Crippen LogP contribution is 2.28. The van der Waals surface area contributed by atoms with Crippen LogP contribution < -0.4 is 5.32 Å². The van der Waals surface area contributed by atoms with E-state index in [1.165, 1.54) is 51.6 Å². The van der Waals surface area contributed by atoms with E-state index in [-0.39, 0.29) is 0 Å². The van der Waals surface area contributed by atoms with Gasteiger partial charge >= 0.3 is 0 Å². The van der Waals surface area contributed by atoms with Crippen LogP contribution in [0.2, 0.25) is 0 Å². The van der Waals surface area contributed by atoms with E-state index in [4.69, 9.17) is 0 Å². The molecule has 0 bridgehead atoms. The van der Waals surface area contributed by atoms with E-state index >= 15 is 0 Å². The number of rotatable bonds is 3. The van der Waals surface area contributed by atoms with Crippen molar-refractivity contribution in [2.75, 3.05) is 13.1 Å². The zero-order chi connectivity index (χ0) is 12.3. The highest BCUT2D eigenvalue weighted by atomic mass is 15.2. The van der Waals surface area contributed by atoms with Crippen LogP contribution in [-0.2, 0) is 0 Å². The molecule has 2 nitrogen and oxygen atoms in total. The molecule has 17 heavy (non-hydrogen) atoms. The van der Waals surface area contributed by atoms with Gasteiger partial charge in [0.2, 0.25) is 0 Å². The van der Waals surface area contributed by atoms with Gasteiger partial charge in [-0.2, -0.15) is 0 Å². The number of likely N-dealkylation sites (tertiary alicyclic amines) is 1. The van der Waals surface area contributed by atoms with Gasteiger partial charge in [0.25, 0.3) is 0 Å². The number of nitrogens with zero attached hydrogens (tertiary/aromatic N) is 1. The summed E-state index contributed by atoms with van der Waals surface area (Å²) in [6.45, 7) is 9.57. The number of hydrogen-bond donors (Lipinski definition) is 1. The maximum atomic E-state index is 3.72. The second-order valence-corrected chi connectivity index (χ2v) is 6.57. The number of piperidine rings is 1. The molecule has 1 saturated carbocycles. The van der Waals surface area contributed by atoms with Gasteiger partial charge in [-0.15, -0.1) is 0 Å². The van der Waals surface area contributed by atoms with Crippen molar-refractivity contribution in [2.45, 2.75) is 77.4 Å². The third-order valence-electron chi connectivity index (χ3n) is 4.52. The molecule has 0 amide bonds. The zero-order valence-corrected chi connectivity index (χ0v) is 11.9. The lowest BCUT2D eigenvalue weighted by molar-refractivity contribution is 0.0977. The number of hydrogen-bond acceptors (Lipinski definition) is 2. The second kappa shape index (κ2) is 6.19. The normalized spacial score (nSPS) is 36.4. The topological polar surface area (TPSA) is 15.3 Å². The first kappa shape index (κ1) is 13.4. The first-order valence-electron chi connectivity index (χ1n) is 7.65. The van der Waals surface area contributed by atoms with Crippen LogP contribution in [0.15, 0.2) is 0 Å². The molecule has 2 aliphatic rings. The predicted molar refractivity (Wildman–Crippen MR) is 74.3 cm³/mol. The van der Waals surface area contributed by atoms with Gasteiger partial charge in [-0.1, -0.05) is 20.8 Å². The van der Waals surface area contributed by atoms with Gasteiger partial charge in [-0.25, -0.2) is 0 Å². The second-order valence-electron chi connectivity index (χ2n) is 6.57. The highest BCUT2D eigenvalue weighted by molar-refractivity contribution is 4.85. The van der Waals surface area contributed by atoms with Crippen molar-refractivity contribution >= 4 is 0 Å². The SMILES string of the molecule is CC1CCC(N2CCCC(NC(C)C)C2)CC1. The Bertz CT molecular complexity index is 219. The average Bonchev–Trinajstić information content (AvgIpc) is 2.29. The molecule has 1 saturated heterocycles. The molecule has 1 unspecified atom stereocenters. The molecule has 0 aromatic heterocycles. The van der Waals surface area contributed by atoms with Gasteiger partial charge in [0.15, 0.2) is 0 Å². The van der Waals surface area contributed by atoms with Crippen molar-refractivity contribution in [1.82, 2.24) is 10.2 Å². The number of nitrogens with one attached hydrogen (secondary N) is 1. The summed E-state index contributed by atoms with van der Waals surface area (Å²) in [5.41, 5.74) is 0. The Morgan fingerprint density at radius 2 is 1.76 bits per heavy atom. The summed E-state index contributed by atoms with van der Waals surface area (Å²) >= 11 is 0.